The molecule has 0 aliphatic carbocycles. The van der Waals surface area contributed by atoms with Crippen molar-refractivity contribution < 1.29 is 32.7 Å². The molecule has 4 aromatic rings. The van der Waals surface area contributed by atoms with E-state index in [1.54, 1.807) is 22.9 Å². The molecule has 0 unspecified atom stereocenters. The molecule has 0 bridgehead atoms. The number of hydrogen-bond donors (Lipinski definition) is 4. The lowest BCUT2D eigenvalue weighted by Gasteiger charge is -2.36. The molecule has 2 aliphatic heterocycles. The molecule has 49 heavy (non-hydrogen) atoms. The van der Waals surface area contributed by atoms with E-state index in [4.69, 9.17) is 11.6 Å². The van der Waals surface area contributed by atoms with Crippen molar-refractivity contribution in [2.75, 3.05) is 50.4 Å². The van der Waals surface area contributed by atoms with Crippen LogP contribution in [0.5, 0.6) is 0 Å². The first kappa shape index (κ1) is 33.9. The number of halogens is 4. The number of alkyl halides is 3. The molecule has 18 heteroatoms. The van der Waals surface area contributed by atoms with Crippen LogP contribution >= 0.6 is 11.6 Å². The highest BCUT2D eigenvalue weighted by molar-refractivity contribution is 6.34. The standard InChI is InChI=1S/C31H32ClF3N10O4/c1-36-18-4-6-24(38-14-18)45-16-20(26(41-45)31(33,34)35)22-15-39-27(42(22)2)28(47)40-17-3-5-19(21(32)13-17)29(48)43-9-11-44(12-10-43)30(49)25-23(46)7-8-37-25/h3-6,13-16,23,25,36-37,46H,7-12H2,1-2H3,(H,40,47)/t23-,25-/m0/s1. The Morgan fingerprint density at radius 2 is 1.73 bits per heavy atom. The summed E-state index contributed by atoms with van der Waals surface area (Å²) in [6.07, 6.45) is -1.26. The second kappa shape index (κ2) is 13.5. The van der Waals surface area contributed by atoms with Crippen LogP contribution in [0.2, 0.25) is 5.02 Å². The molecule has 0 radical (unpaired) electrons. The van der Waals surface area contributed by atoms with Crippen LogP contribution in [0.3, 0.4) is 0 Å². The van der Waals surface area contributed by atoms with Crippen molar-refractivity contribution in [1.29, 1.82) is 0 Å². The Kier molecular flexibility index (Phi) is 9.32. The fraction of sp³-hybridized carbons (Fsp3) is 0.355. The zero-order chi connectivity index (χ0) is 35.0. The van der Waals surface area contributed by atoms with E-state index in [-0.39, 0.29) is 64.1 Å². The summed E-state index contributed by atoms with van der Waals surface area (Å²) in [6, 6.07) is 6.85. The number of aliphatic hydroxyl groups is 1. The van der Waals surface area contributed by atoms with Gasteiger partial charge in [0.15, 0.2) is 17.3 Å². The highest BCUT2D eigenvalue weighted by Crippen LogP contribution is 2.37. The van der Waals surface area contributed by atoms with Crippen molar-refractivity contribution in [3.05, 3.63) is 71.0 Å². The highest BCUT2D eigenvalue weighted by atomic mass is 35.5. The van der Waals surface area contributed by atoms with Crippen molar-refractivity contribution in [3.63, 3.8) is 0 Å². The number of rotatable bonds is 7. The smallest absolute Gasteiger partial charge is 0.391 e. The molecule has 4 N–H and O–H groups in total. The number of nitrogens with zero attached hydrogens (tertiary/aromatic N) is 7. The van der Waals surface area contributed by atoms with Gasteiger partial charge in [-0.15, -0.1) is 0 Å². The molecule has 2 aliphatic rings. The number of aromatic nitrogens is 5. The number of nitrogens with one attached hydrogen (secondary N) is 3. The Morgan fingerprint density at radius 1 is 1.02 bits per heavy atom. The summed E-state index contributed by atoms with van der Waals surface area (Å²) in [5, 5.41) is 22.4. The van der Waals surface area contributed by atoms with Gasteiger partial charge in [-0.2, -0.15) is 18.3 Å². The largest absolute Gasteiger partial charge is 0.435 e. The van der Waals surface area contributed by atoms with E-state index in [0.29, 0.717) is 31.7 Å². The quantitative estimate of drug-likeness (QED) is 0.227. The number of amides is 3. The molecule has 258 valence electrons. The lowest BCUT2D eigenvalue weighted by Crippen LogP contribution is -2.55. The molecule has 0 saturated carbocycles. The van der Waals surface area contributed by atoms with Gasteiger partial charge in [0.25, 0.3) is 11.8 Å². The lowest BCUT2D eigenvalue weighted by molar-refractivity contribution is -0.141. The molecule has 2 fully saturated rings. The van der Waals surface area contributed by atoms with Crippen molar-refractivity contribution in [2.24, 2.45) is 7.05 Å². The van der Waals surface area contributed by atoms with Crippen LogP contribution in [0.4, 0.5) is 24.5 Å². The van der Waals surface area contributed by atoms with E-state index in [9.17, 15) is 32.7 Å². The number of piperazine rings is 1. The normalized spacial score (nSPS) is 18.1. The summed E-state index contributed by atoms with van der Waals surface area (Å²) in [7, 11) is 3.09. The topological polar surface area (TPSA) is 163 Å². The minimum Gasteiger partial charge on any atom is -0.391 e. The fourth-order valence-corrected chi connectivity index (χ4v) is 6.08. The van der Waals surface area contributed by atoms with Gasteiger partial charge in [-0.1, -0.05) is 11.6 Å². The first-order valence-corrected chi connectivity index (χ1v) is 15.7. The number of imidazole rings is 1. The monoisotopic (exact) mass is 700 g/mol. The second-order valence-electron chi connectivity index (χ2n) is 11.6. The Labute approximate surface area is 282 Å². The van der Waals surface area contributed by atoms with Crippen LogP contribution in [0.25, 0.3) is 17.1 Å². The summed E-state index contributed by atoms with van der Waals surface area (Å²) < 4.78 is 44.4. The molecular weight excluding hydrogens is 669 g/mol. The first-order valence-electron chi connectivity index (χ1n) is 15.3. The Balaban J connectivity index is 1.14. The van der Waals surface area contributed by atoms with Gasteiger partial charge in [0, 0.05) is 52.2 Å². The van der Waals surface area contributed by atoms with Crippen LogP contribution in [0, 0.1) is 0 Å². The van der Waals surface area contributed by atoms with Crippen molar-refractivity contribution >= 4 is 40.7 Å². The SMILES string of the molecule is CNc1ccc(-n2cc(-c3cnc(C(=O)Nc4ccc(C(=O)N5CCN(C(=O)[C@H]6NCC[C@@H]6O)CC5)c(Cl)c4)n3C)c(C(F)(F)F)n2)nc1. The predicted octanol–water partition coefficient (Wildman–Crippen LogP) is 2.64. The molecule has 0 spiro atoms. The Morgan fingerprint density at radius 3 is 2.35 bits per heavy atom. The summed E-state index contributed by atoms with van der Waals surface area (Å²) in [5.41, 5.74) is -0.393. The Hall–Kier alpha value is -5.00. The average molecular weight is 701 g/mol. The molecule has 3 amide bonds. The van der Waals surface area contributed by atoms with Gasteiger partial charge in [-0.3, -0.25) is 14.4 Å². The summed E-state index contributed by atoms with van der Waals surface area (Å²) >= 11 is 6.45. The molecule has 5 heterocycles. The second-order valence-corrected chi connectivity index (χ2v) is 12.0. The van der Waals surface area contributed by atoms with Crippen LogP contribution in [-0.2, 0) is 18.0 Å². The maximum absolute atomic E-state index is 14.1. The van der Waals surface area contributed by atoms with Crippen LogP contribution < -0.4 is 16.0 Å². The fourth-order valence-electron chi connectivity index (χ4n) is 5.82. The molecule has 2 atom stereocenters. The molecule has 6 rings (SSSR count). The highest BCUT2D eigenvalue weighted by Gasteiger charge is 2.39. The molecule has 2 saturated heterocycles. The molecular formula is C31H32ClF3N10O4. The number of carbonyl (C=O) groups is 3. The average Bonchev–Trinajstić information content (AvgIpc) is 3.82. The maximum Gasteiger partial charge on any atom is 0.435 e. The maximum atomic E-state index is 14.1. The summed E-state index contributed by atoms with van der Waals surface area (Å²) in [4.78, 5) is 50.6. The van der Waals surface area contributed by atoms with Gasteiger partial charge in [0.05, 0.1) is 46.0 Å². The third kappa shape index (κ3) is 6.81. The van der Waals surface area contributed by atoms with E-state index in [1.165, 1.54) is 48.3 Å². The van der Waals surface area contributed by atoms with E-state index in [1.807, 2.05) is 0 Å². The van der Waals surface area contributed by atoms with Gasteiger partial charge in [-0.25, -0.2) is 14.6 Å². The van der Waals surface area contributed by atoms with E-state index >= 15 is 0 Å². The van der Waals surface area contributed by atoms with Gasteiger partial charge < -0.3 is 35.4 Å². The third-order valence-electron chi connectivity index (χ3n) is 8.51. The van der Waals surface area contributed by atoms with Crippen LogP contribution in [0.1, 0.15) is 33.1 Å². The zero-order valence-electron chi connectivity index (χ0n) is 26.3. The Bertz CT molecular complexity index is 1890. The number of pyridine rings is 1. The van der Waals surface area contributed by atoms with Gasteiger partial charge in [0.2, 0.25) is 5.91 Å². The minimum atomic E-state index is -4.81. The first-order chi connectivity index (χ1) is 23.3. The van der Waals surface area contributed by atoms with Crippen LogP contribution in [0.15, 0.2) is 48.9 Å². The van der Waals surface area contributed by atoms with E-state index in [0.717, 1.165) is 10.9 Å². The van der Waals surface area contributed by atoms with E-state index in [2.05, 4.69) is 31.0 Å². The van der Waals surface area contributed by atoms with Crippen LogP contribution in [-0.4, -0.2) is 109 Å². The predicted molar refractivity (Wildman–Crippen MR) is 172 cm³/mol. The summed E-state index contributed by atoms with van der Waals surface area (Å²) in [5.74, 6) is -1.30. The minimum absolute atomic E-state index is 0.00738. The molecule has 3 aromatic heterocycles. The lowest BCUT2D eigenvalue weighted by atomic mass is 10.1. The van der Waals surface area contributed by atoms with Crippen molar-refractivity contribution in [1.82, 2.24) is 39.4 Å². The van der Waals surface area contributed by atoms with Gasteiger partial charge >= 0.3 is 6.18 Å². The van der Waals surface area contributed by atoms with Crippen molar-refractivity contribution in [3.8, 4) is 17.1 Å². The number of hydrogen-bond acceptors (Lipinski definition) is 9. The number of carbonyl (C=O) groups excluding carboxylic acids is 3. The zero-order valence-corrected chi connectivity index (χ0v) is 27.1. The number of benzene rings is 1. The van der Waals surface area contributed by atoms with E-state index < -0.39 is 29.9 Å². The van der Waals surface area contributed by atoms with Gasteiger partial charge in [-0.05, 0) is 43.3 Å². The number of aliphatic hydroxyl groups excluding tert-OH is 1. The molecule has 14 nitrogen and oxygen atoms in total. The van der Waals surface area contributed by atoms with Crippen molar-refractivity contribution in [2.45, 2.75) is 24.7 Å². The molecule has 1 aromatic carbocycles. The summed E-state index contributed by atoms with van der Waals surface area (Å²) in [6.45, 7) is 1.72. The van der Waals surface area contributed by atoms with Gasteiger partial charge in [0.1, 0.15) is 6.04 Å². The number of anilines is 2. The third-order valence-corrected chi connectivity index (χ3v) is 8.83.